The van der Waals surface area contributed by atoms with E-state index in [0.717, 1.165) is 11.3 Å². The Morgan fingerprint density at radius 3 is 2.73 bits per heavy atom. The molecule has 0 aliphatic carbocycles. The van der Waals surface area contributed by atoms with Gasteiger partial charge in [-0.1, -0.05) is 24.3 Å². The number of hydrogen-bond acceptors (Lipinski definition) is 3. The zero-order valence-electron chi connectivity index (χ0n) is 5.69. The molecule has 0 amide bonds. The molecule has 0 aliphatic heterocycles. The smallest absolute Gasteiger partial charge is 0.152 e. The summed E-state index contributed by atoms with van der Waals surface area (Å²) in [5.74, 6) is 0. The molecule has 0 atom stereocenters. The molecule has 1 heterocycles. The zero-order valence-corrected chi connectivity index (χ0v) is 5.69. The molecular weight excluding hydrogens is 140 g/mol. The van der Waals surface area contributed by atoms with Crippen molar-refractivity contribution in [2.45, 2.75) is 0 Å². The van der Waals surface area contributed by atoms with E-state index in [2.05, 4.69) is 21.0 Å². The lowest BCUT2D eigenvalue weighted by Gasteiger charge is -1.89. The minimum Gasteiger partial charge on any atom is -0.345 e. The van der Waals surface area contributed by atoms with Crippen LogP contribution in [0.3, 0.4) is 0 Å². The Morgan fingerprint density at radius 1 is 1.27 bits per heavy atom. The van der Waals surface area contributed by atoms with Crippen LogP contribution in [0.5, 0.6) is 0 Å². The van der Waals surface area contributed by atoms with E-state index in [1.807, 2.05) is 24.3 Å². The molecular formula is C8H5N2O. The fraction of sp³-hybridized carbons (Fsp3) is 0. The predicted octanol–water partition coefficient (Wildman–Crippen LogP) is 1.54. The maximum atomic E-state index is 4.60. The molecule has 3 heteroatoms. The van der Waals surface area contributed by atoms with E-state index in [-0.39, 0.29) is 0 Å². The molecule has 53 valence electrons. The second kappa shape index (κ2) is 2.54. The molecule has 11 heavy (non-hydrogen) atoms. The molecule has 2 aromatic rings. The molecule has 0 bridgehead atoms. The van der Waals surface area contributed by atoms with Gasteiger partial charge in [0, 0.05) is 10.8 Å². The lowest BCUT2D eigenvalue weighted by atomic mass is 10.2. The van der Waals surface area contributed by atoms with Crippen molar-refractivity contribution in [1.82, 2.24) is 10.4 Å². The molecule has 0 N–H and O–H groups in total. The van der Waals surface area contributed by atoms with Crippen molar-refractivity contribution in [3.05, 3.63) is 36.6 Å². The van der Waals surface area contributed by atoms with Gasteiger partial charge in [-0.15, -0.1) is 5.10 Å². The lowest BCUT2D eigenvalue weighted by molar-refractivity contribution is 0.393. The Hall–Kier alpha value is -1.64. The fourth-order valence-electron chi connectivity index (χ4n) is 0.848. The van der Waals surface area contributed by atoms with Crippen molar-refractivity contribution in [1.29, 1.82) is 0 Å². The quantitative estimate of drug-likeness (QED) is 0.610. The molecule has 1 radical (unpaired) electrons. The minimum atomic E-state index is 0.749. The Labute approximate surface area is 63.6 Å². The highest BCUT2D eigenvalue weighted by Crippen LogP contribution is 2.13. The molecule has 1 aromatic carbocycles. The summed E-state index contributed by atoms with van der Waals surface area (Å²) in [5.41, 5.74) is 1.74. The van der Waals surface area contributed by atoms with E-state index < -0.39 is 0 Å². The molecule has 3 nitrogen and oxygen atoms in total. The largest absolute Gasteiger partial charge is 0.345 e. The van der Waals surface area contributed by atoms with Crippen LogP contribution in [0, 0.1) is 6.07 Å². The van der Waals surface area contributed by atoms with Crippen LogP contribution < -0.4 is 0 Å². The molecule has 0 fully saturated rings. The van der Waals surface area contributed by atoms with E-state index in [1.165, 1.54) is 6.26 Å². The summed E-state index contributed by atoms with van der Waals surface area (Å²) in [6, 6.07) is 10.4. The van der Waals surface area contributed by atoms with Gasteiger partial charge in [-0.3, -0.25) is 0 Å². The van der Waals surface area contributed by atoms with Crippen LogP contribution in [-0.4, -0.2) is 10.4 Å². The van der Waals surface area contributed by atoms with Crippen LogP contribution in [0.25, 0.3) is 11.3 Å². The lowest BCUT2D eigenvalue weighted by Crippen LogP contribution is -1.75. The minimum absolute atomic E-state index is 0.749. The van der Waals surface area contributed by atoms with E-state index in [1.54, 1.807) is 0 Å². The van der Waals surface area contributed by atoms with Crippen LogP contribution in [0.15, 0.2) is 35.1 Å². The first kappa shape index (κ1) is 6.09. The Morgan fingerprint density at radius 2 is 2.09 bits per heavy atom. The van der Waals surface area contributed by atoms with Crippen LogP contribution >= 0.6 is 0 Å². The average molecular weight is 145 g/mol. The second-order valence-corrected chi connectivity index (χ2v) is 2.08. The zero-order chi connectivity index (χ0) is 7.52. The number of rotatable bonds is 1. The van der Waals surface area contributed by atoms with Crippen molar-refractivity contribution in [3.63, 3.8) is 0 Å². The number of nitrogens with zero attached hydrogens (tertiary/aromatic N) is 2. The van der Waals surface area contributed by atoms with Crippen molar-refractivity contribution in [2.75, 3.05) is 0 Å². The van der Waals surface area contributed by atoms with E-state index in [0.29, 0.717) is 0 Å². The highest BCUT2D eigenvalue weighted by Gasteiger charge is 1.98. The van der Waals surface area contributed by atoms with Crippen LogP contribution in [-0.2, 0) is 0 Å². The monoisotopic (exact) mass is 145 g/mol. The Bertz CT molecular complexity index is 315. The molecule has 0 saturated carbocycles. The summed E-state index contributed by atoms with van der Waals surface area (Å²) in [6.45, 7) is 0. The highest BCUT2D eigenvalue weighted by molar-refractivity contribution is 5.56. The van der Waals surface area contributed by atoms with Gasteiger partial charge in [0.25, 0.3) is 0 Å². The number of aromatic nitrogens is 2. The van der Waals surface area contributed by atoms with Gasteiger partial charge in [-0.05, 0) is 6.07 Å². The van der Waals surface area contributed by atoms with Crippen molar-refractivity contribution >= 4 is 0 Å². The van der Waals surface area contributed by atoms with Crippen LogP contribution in [0.1, 0.15) is 0 Å². The van der Waals surface area contributed by atoms with Gasteiger partial charge in [-0.25, -0.2) is 0 Å². The van der Waals surface area contributed by atoms with Crippen molar-refractivity contribution in [2.24, 2.45) is 0 Å². The molecule has 0 spiro atoms. The number of benzene rings is 1. The third-order valence-corrected chi connectivity index (χ3v) is 1.37. The molecule has 2 rings (SSSR count). The normalized spacial score (nSPS) is 9.82. The first-order valence-electron chi connectivity index (χ1n) is 3.20. The van der Waals surface area contributed by atoms with Gasteiger partial charge < -0.3 is 4.52 Å². The molecule has 0 unspecified atom stereocenters. The number of hydrogen-bond donors (Lipinski definition) is 0. The van der Waals surface area contributed by atoms with E-state index >= 15 is 0 Å². The summed E-state index contributed by atoms with van der Waals surface area (Å²) >= 11 is 0. The third kappa shape index (κ3) is 1.12. The van der Waals surface area contributed by atoms with Crippen molar-refractivity contribution < 1.29 is 4.52 Å². The van der Waals surface area contributed by atoms with Gasteiger partial charge in [0.2, 0.25) is 0 Å². The van der Waals surface area contributed by atoms with E-state index in [9.17, 15) is 0 Å². The molecule has 0 saturated heterocycles. The summed E-state index contributed by atoms with van der Waals surface area (Å²) in [5, 5.41) is 7.12. The molecule has 1 aromatic heterocycles. The third-order valence-electron chi connectivity index (χ3n) is 1.37. The summed E-state index contributed by atoms with van der Waals surface area (Å²) in [7, 11) is 0. The maximum absolute atomic E-state index is 4.60. The van der Waals surface area contributed by atoms with Crippen molar-refractivity contribution in [3.8, 4) is 11.3 Å². The topological polar surface area (TPSA) is 38.9 Å². The average Bonchev–Trinajstić information content (AvgIpc) is 2.58. The van der Waals surface area contributed by atoms with Gasteiger partial charge in [0.15, 0.2) is 6.26 Å². The van der Waals surface area contributed by atoms with Crippen LogP contribution in [0.2, 0.25) is 0 Å². The summed E-state index contributed by atoms with van der Waals surface area (Å²) in [6.07, 6.45) is 1.51. The van der Waals surface area contributed by atoms with E-state index in [4.69, 9.17) is 0 Å². The van der Waals surface area contributed by atoms with Crippen LogP contribution in [0.4, 0.5) is 0 Å². The Kier molecular flexibility index (Phi) is 1.41. The first-order valence-corrected chi connectivity index (χ1v) is 3.20. The van der Waals surface area contributed by atoms with Gasteiger partial charge in [-0.2, -0.15) is 0 Å². The van der Waals surface area contributed by atoms with Gasteiger partial charge >= 0.3 is 0 Å². The summed E-state index contributed by atoms with van der Waals surface area (Å²) < 4.78 is 4.60. The standard InChI is InChI=1S/C8H5N2O/c1-2-4-7(5-3-1)8-6-11-10-9-8/h2-6H. The summed E-state index contributed by atoms with van der Waals surface area (Å²) in [4.78, 5) is 0. The Balaban J connectivity index is 2.46. The first-order chi connectivity index (χ1) is 5.47. The van der Waals surface area contributed by atoms with Gasteiger partial charge in [0.05, 0.1) is 0 Å². The highest BCUT2D eigenvalue weighted by atomic mass is 16.5. The second-order valence-electron chi connectivity index (χ2n) is 2.08. The fourth-order valence-corrected chi connectivity index (χ4v) is 0.848. The predicted molar refractivity (Wildman–Crippen MR) is 38.6 cm³/mol. The SMILES string of the molecule is [c]1ccc(-c2conn2)cc1. The van der Waals surface area contributed by atoms with Gasteiger partial charge in [0.1, 0.15) is 5.69 Å². The maximum Gasteiger partial charge on any atom is 0.152 e. The molecule has 0 aliphatic rings.